The summed E-state index contributed by atoms with van der Waals surface area (Å²) in [6, 6.07) is 154. The first kappa shape index (κ1) is 74.4. The molecule has 9 aromatic heterocycles. The zero-order chi connectivity index (χ0) is 86.6. The molecule has 0 aliphatic rings. The highest BCUT2D eigenvalue weighted by Crippen LogP contribution is 2.51. The molecule has 9 heterocycles. The highest BCUT2D eigenvalue weighted by Gasteiger charge is 2.28. The molecular formula is C122H73N7O3. The lowest BCUT2D eigenvalue weighted by Gasteiger charge is -2.12. The normalized spacial score (nSPS) is 11.9. The third-order valence-electron chi connectivity index (χ3n) is 26.8. The van der Waals surface area contributed by atoms with Gasteiger partial charge in [0.1, 0.15) is 16.7 Å². The van der Waals surface area contributed by atoms with Crippen LogP contribution >= 0.6 is 0 Å². The highest BCUT2D eigenvalue weighted by atomic mass is 16.3. The minimum absolute atomic E-state index is 0.706. The average Bonchev–Trinajstić information content (AvgIpc) is 1.55. The maximum Gasteiger partial charge on any atom is 0.160 e. The van der Waals surface area contributed by atoms with E-state index in [0.717, 1.165) is 177 Å². The minimum Gasteiger partial charge on any atom is -0.454 e. The maximum absolute atomic E-state index is 6.72. The van der Waals surface area contributed by atoms with Gasteiger partial charge in [-0.1, -0.05) is 328 Å². The van der Waals surface area contributed by atoms with Crippen LogP contribution in [0.2, 0.25) is 0 Å². The first-order valence-electron chi connectivity index (χ1n) is 44.7. The lowest BCUT2D eigenvalue weighted by molar-refractivity contribution is 0.671. The van der Waals surface area contributed by atoms with Gasteiger partial charge in [-0.25, -0.2) is 15.0 Å². The largest absolute Gasteiger partial charge is 0.454 e. The Hall–Kier alpha value is -17.9. The first-order valence-corrected chi connectivity index (χ1v) is 44.7. The van der Waals surface area contributed by atoms with E-state index < -0.39 is 0 Å². The van der Waals surface area contributed by atoms with Gasteiger partial charge in [0, 0.05) is 126 Å². The van der Waals surface area contributed by atoms with Gasteiger partial charge in [-0.2, -0.15) is 0 Å². The SMILES string of the molecule is c1ccc(-c2cc(-c3ccc(-n4c5ccccc5c5c6ccccc6c6c7ccccc7oc6c54)cc3)nc3ccccc23)cc1.c1ccc(-c2nc(-c3ccc(-n4c5ccccc5c5c6ccccc6c6c7ccccc7oc6c54)cc3)nc3ccccc23)cc1.c1ccc2cc(-c3ccc(-n4c5ccccc5c5c6ccccc6c6c7ccccc7oc6c54)cc3)ncc2c1. The molecule has 0 amide bonds. The number of hydrogen-bond donors (Lipinski definition) is 0. The van der Waals surface area contributed by atoms with Crippen molar-refractivity contribution in [2.75, 3.05) is 0 Å². The smallest absolute Gasteiger partial charge is 0.160 e. The van der Waals surface area contributed by atoms with Gasteiger partial charge in [0.05, 0.1) is 61.2 Å². The van der Waals surface area contributed by atoms with Crippen LogP contribution in [0.15, 0.2) is 456 Å². The van der Waals surface area contributed by atoms with Crippen molar-refractivity contribution in [1.82, 2.24) is 33.6 Å². The summed E-state index contributed by atoms with van der Waals surface area (Å²) in [6.07, 6.45) is 1.95. The Morgan fingerprint density at radius 2 is 0.530 bits per heavy atom. The molecule has 10 heteroatoms. The summed E-state index contributed by atoms with van der Waals surface area (Å²) in [5.41, 5.74) is 26.7. The predicted molar refractivity (Wildman–Crippen MR) is 548 cm³/mol. The molecule has 29 aromatic rings. The Morgan fingerprint density at radius 1 is 0.205 bits per heavy atom. The van der Waals surface area contributed by atoms with Crippen molar-refractivity contribution in [3.63, 3.8) is 0 Å². The van der Waals surface area contributed by atoms with Gasteiger partial charge in [-0.3, -0.25) is 4.98 Å². The Kier molecular flexibility index (Phi) is 16.9. The number of fused-ring (bicyclic) bond motifs is 33. The summed E-state index contributed by atoms with van der Waals surface area (Å²) in [4.78, 5) is 19.9. The maximum atomic E-state index is 6.72. The zero-order valence-electron chi connectivity index (χ0n) is 71.0. The molecule has 0 radical (unpaired) electrons. The number of pyridine rings is 2. The molecule has 0 atom stereocenters. The average molecular weight is 1680 g/mol. The van der Waals surface area contributed by atoms with Gasteiger partial charge in [-0.15, -0.1) is 0 Å². The Labute approximate surface area is 754 Å². The molecule has 20 aromatic carbocycles. The zero-order valence-corrected chi connectivity index (χ0v) is 71.0. The van der Waals surface area contributed by atoms with E-state index in [1.807, 2.05) is 48.7 Å². The van der Waals surface area contributed by atoms with Crippen molar-refractivity contribution in [1.29, 1.82) is 0 Å². The van der Waals surface area contributed by atoms with Crippen LogP contribution in [0, 0.1) is 0 Å². The number of hydrogen-bond acceptors (Lipinski definition) is 7. The van der Waals surface area contributed by atoms with Crippen molar-refractivity contribution in [2.24, 2.45) is 0 Å². The second kappa shape index (κ2) is 29.9. The third kappa shape index (κ3) is 11.6. The van der Waals surface area contributed by atoms with E-state index in [4.69, 9.17) is 33.2 Å². The number of benzene rings is 20. The summed E-state index contributed by atoms with van der Waals surface area (Å²) in [7, 11) is 0. The fourth-order valence-electron chi connectivity index (χ4n) is 20.9. The van der Waals surface area contributed by atoms with Crippen LogP contribution in [0.5, 0.6) is 0 Å². The van der Waals surface area contributed by atoms with Crippen molar-refractivity contribution in [3.05, 3.63) is 443 Å². The molecule has 0 N–H and O–H groups in total. The van der Waals surface area contributed by atoms with E-state index in [1.54, 1.807) is 0 Å². The van der Waals surface area contributed by atoms with Crippen LogP contribution in [-0.2, 0) is 0 Å². The second-order valence-electron chi connectivity index (χ2n) is 34.0. The van der Waals surface area contributed by atoms with E-state index in [0.29, 0.717) is 5.82 Å². The fraction of sp³-hybridized carbons (Fsp3) is 0. The van der Waals surface area contributed by atoms with Gasteiger partial charge in [0.25, 0.3) is 0 Å². The number of para-hydroxylation sites is 8. The van der Waals surface area contributed by atoms with Crippen molar-refractivity contribution < 1.29 is 13.3 Å². The van der Waals surface area contributed by atoms with Crippen LogP contribution in [0.3, 0.4) is 0 Å². The number of nitrogens with zero attached hydrogens (tertiary/aromatic N) is 7. The fourth-order valence-corrected chi connectivity index (χ4v) is 20.9. The molecule has 0 aliphatic heterocycles. The first-order chi connectivity index (χ1) is 65.5. The predicted octanol–water partition coefficient (Wildman–Crippen LogP) is 32.9. The molecule has 0 unspecified atom stereocenters. The van der Waals surface area contributed by atoms with E-state index in [2.05, 4.69) is 408 Å². The van der Waals surface area contributed by atoms with Crippen molar-refractivity contribution in [3.8, 4) is 73.3 Å². The highest BCUT2D eigenvalue weighted by molar-refractivity contribution is 6.38. The topological polar surface area (TPSA) is 106 Å². The molecule has 0 bridgehead atoms. The lowest BCUT2D eigenvalue weighted by atomic mass is 9.98. The van der Waals surface area contributed by atoms with Crippen LogP contribution in [-0.4, -0.2) is 33.6 Å². The van der Waals surface area contributed by atoms with E-state index in [1.165, 1.54) is 86.5 Å². The summed E-state index contributed by atoms with van der Waals surface area (Å²) in [5.74, 6) is 0.706. The number of rotatable bonds is 8. The molecular weight excluding hydrogens is 1610 g/mol. The summed E-state index contributed by atoms with van der Waals surface area (Å²) < 4.78 is 27.2. The van der Waals surface area contributed by atoms with Gasteiger partial charge < -0.3 is 27.0 Å². The summed E-state index contributed by atoms with van der Waals surface area (Å²) in [6.45, 7) is 0. The Balaban J connectivity index is 0.000000102. The third-order valence-corrected chi connectivity index (χ3v) is 26.8. The van der Waals surface area contributed by atoms with Crippen molar-refractivity contribution >= 4 is 196 Å². The summed E-state index contributed by atoms with van der Waals surface area (Å²) in [5, 5.41) is 26.0. The van der Waals surface area contributed by atoms with Crippen LogP contribution < -0.4 is 0 Å². The molecule has 0 aliphatic carbocycles. The second-order valence-corrected chi connectivity index (χ2v) is 34.0. The van der Waals surface area contributed by atoms with Gasteiger partial charge in [0.2, 0.25) is 0 Å². The minimum atomic E-state index is 0.706. The molecule has 0 saturated heterocycles. The molecule has 614 valence electrons. The monoisotopic (exact) mass is 1680 g/mol. The van der Waals surface area contributed by atoms with Crippen LogP contribution in [0.25, 0.3) is 269 Å². The number of furan rings is 3. The molecule has 0 spiro atoms. The van der Waals surface area contributed by atoms with E-state index >= 15 is 0 Å². The van der Waals surface area contributed by atoms with Gasteiger partial charge >= 0.3 is 0 Å². The van der Waals surface area contributed by atoms with E-state index in [9.17, 15) is 0 Å². The molecule has 0 saturated carbocycles. The van der Waals surface area contributed by atoms with Crippen LogP contribution in [0.1, 0.15) is 0 Å². The van der Waals surface area contributed by atoms with Gasteiger partial charge in [0.15, 0.2) is 22.6 Å². The Bertz CT molecular complexity index is 9400. The van der Waals surface area contributed by atoms with Crippen molar-refractivity contribution in [2.45, 2.75) is 0 Å². The standard InChI is InChI=1S/C43H26N2O.C42H25N3O.C37H22N2O/c1-2-12-27(13-3-1)35-26-37(44-36-19-9-6-14-30(35)36)28-22-24-29(25-23-28)45-38-20-10-7-17-33(38)40-31-15-4-5-16-32(31)41-34-18-8-11-21-39(34)46-43(41)42(40)45;1-2-12-26(13-3-1)39-31-16-6-9-19-34(31)43-42(44-39)27-22-24-28(25-23-27)45-35-20-10-7-17-32(35)37-29-14-4-5-15-30(29)38-33-18-8-11-21-36(33)46-41(38)40(37)45;1-2-10-25-22-38-31(21-24(25)9-1)23-17-19-26(20-18-23)39-32-15-7-5-13-29(32)34-27-11-3-4-12-28(27)35-30-14-6-8-16-33(30)40-37(35)36(34)39/h1-26H;1-25H;1-22H. The Morgan fingerprint density at radius 3 is 0.970 bits per heavy atom. The lowest BCUT2D eigenvalue weighted by Crippen LogP contribution is -1.97. The number of aromatic nitrogens is 7. The molecule has 10 nitrogen and oxygen atoms in total. The molecule has 0 fully saturated rings. The van der Waals surface area contributed by atoms with E-state index in [-0.39, 0.29) is 0 Å². The molecule has 29 rings (SSSR count). The van der Waals surface area contributed by atoms with Gasteiger partial charge in [-0.05, 0) is 158 Å². The quantitative estimate of drug-likeness (QED) is 0.149. The molecule has 132 heavy (non-hydrogen) atoms. The summed E-state index contributed by atoms with van der Waals surface area (Å²) >= 11 is 0. The van der Waals surface area contributed by atoms with Crippen LogP contribution in [0.4, 0.5) is 0 Å².